The molecule has 0 N–H and O–H groups in total. The van der Waals surface area contributed by atoms with Crippen LogP contribution >= 0.6 is 23.2 Å². The van der Waals surface area contributed by atoms with E-state index >= 15 is 0 Å². The number of fused-ring (bicyclic) bond motifs is 2. The van der Waals surface area contributed by atoms with E-state index in [-0.39, 0.29) is 10.9 Å². The molecule has 7 heteroatoms. The van der Waals surface area contributed by atoms with Crippen molar-refractivity contribution in [3.05, 3.63) is 107 Å². The van der Waals surface area contributed by atoms with Crippen LogP contribution in [0, 0.1) is 5.92 Å². The summed E-state index contributed by atoms with van der Waals surface area (Å²) in [6, 6.07) is 27.7. The molecule has 2 aliphatic heterocycles. The van der Waals surface area contributed by atoms with E-state index in [1.165, 1.54) is 6.07 Å². The van der Waals surface area contributed by atoms with Gasteiger partial charge in [-0.15, -0.1) is 0 Å². The topological polar surface area (TPSA) is 49.9 Å². The van der Waals surface area contributed by atoms with Crippen molar-refractivity contribution in [1.82, 2.24) is 0 Å². The summed E-state index contributed by atoms with van der Waals surface area (Å²) in [6.45, 7) is 0. The van der Waals surface area contributed by atoms with Crippen molar-refractivity contribution in [2.75, 3.05) is 9.96 Å². The van der Waals surface area contributed by atoms with Crippen molar-refractivity contribution >= 4 is 57.2 Å². The fourth-order valence-corrected chi connectivity index (χ4v) is 5.21. The number of anilines is 2. The highest BCUT2D eigenvalue weighted by Crippen LogP contribution is 2.49. The number of carbonyl (C=O) groups excluding carboxylic acids is 2. The second kappa shape index (κ2) is 8.13. The zero-order valence-electron chi connectivity index (χ0n) is 17.8. The molecule has 6 rings (SSSR count). The maximum atomic E-state index is 13.8. The van der Waals surface area contributed by atoms with Crippen LogP contribution in [-0.4, -0.2) is 17.9 Å². The van der Waals surface area contributed by atoms with E-state index in [9.17, 15) is 9.59 Å². The van der Waals surface area contributed by atoms with Gasteiger partial charge >= 0.3 is 0 Å². The Morgan fingerprint density at radius 1 is 0.706 bits per heavy atom. The first-order chi connectivity index (χ1) is 16.5. The molecule has 0 saturated carbocycles. The average molecular weight is 489 g/mol. The second-order valence-corrected chi connectivity index (χ2v) is 9.15. The van der Waals surface area contributed by atoms with Gasteiger partial charge in [0.1, 0.15) is 5.92 Å². The van der Waals surface area contributed by atoms with E-state index in [4.69, 9.17) is 28.0 Å². The minimum Gasteiger partial charge on any atom is -0.273 e. The number of rotatable bonds is 3. The van der Waals surface area contributed by atoms with E-state index in [1.807, 2.05) is 72.8 Å². The van der Waals surface area contributed by atoms with Crippen LogP contribution in [0.5, 0.6) is 0 Å². The molecule has 34 heavy (non-hydrogen) atoms. The van der Waals surface area contributed by atoms with Gasteiger partial charge in [-0.25, -0.2) is 9.96 Å². The SMILES string of the molecule is O=C1C2ON(c3ccccc3)C(c3cccc4ccccc34)C2C(=O)N1c1ccc(Cl)c(Cl)c1. The maximum absolute atomic E-state index is 13.8. The highest BCUT2D eigenvalue weighted by atomic mass is 35.5. The summed E-state index contributed by atoms with van der Waals surface area (Å²) >= 11 is 12.2. The van der Waals surface area contributed by atoms with Crippen molar-refractivity contribution in [3.63, 3.8) is 0 Å². The number of hydrogen-bond acceptors (Lipinski definition) is 4. The van der Waals surface area contributed by atoms with Gasteiger partial charge < -0.3 is 0 Å². The molecule has 168 valence electrons. The summed E-state index contributed by atoms with van der Waals surface area (Å²) in [7, 11) is 0. The maximum Gasteiger partial charge on any atom is 0.266 e. The standard InChI is InChI=1S/C27H18Cl2N2O3/c28-21-14-13-18(15-22(21)29)30-26(32)23-24(20-12-6-8-16-7-4-5-11-19(16)20)31(34-25(23)27(30)33)17-9-2-1-3-10-17/h1-15,23-25H. The molecule has 0 spiro atoms. The van der Waals surface area contributed by atoms with Crippen molar-refractivity contribution in [1.29, 1.82) is 0 Å². The van der Waals surface area contributed by atoms with Gasteiger partial charge in [0.15, 0.2) is 6.10 Å². The molecule has 4 aromatic carbocycles. The lowest BCUT2D eigenvalue weighted by Gasteiger charge is -2.29. The molecule has 3 atom stereocenters. The Kier molecular flexibility index (Phi) is 5.06. The van der Waals surface area contributed by atoms with Gasteiger partial charge in [0.05, 0.1) is 27.5 Å². The average Bonchev–Trinajstić information content (AvgIpc) is 3.37. The number of nitrogens with zero attached hydrogens (tertiary/aromatic N) is 2. The summed E-state index contributed by atoms with van der Waals surface area (Å²) in [4.78, 5) is 34.7. The van der Waals surface area contributed by atoms with Crippen LogP contribution in [0.3, 0.4) is 0 Å². The predicted octanol–water partition coefficient (Wildman–Crippen LogP) is 6.20. The van der Waals surface area contributed by atoms with Crippen molar-refractivity contribution in [2.45, 2.75) is 12.1 Å². The molecule has 0 bridgehead atoms. The molecular formula is C27H18Cl2N2O3. The molecule has 2 heterocycles. The normalized spacial score (nSPS) is 22.0. The lowest BCUT2D eigenvalue weighted by Crippen LogP contribution is -2.37. The molecular weight excluding hydrogens is 471 g/mol. The molecule has 5 nitrogen and oxygen atoms in total. The molecule has 4 aromatic rings. The van der Waals surface area contributed by atoms with Crippen LogP contribution in [0.15, 0.2) is 91.0 Å². The van der Waals surface area contributed by atoms with Crippen LogP contribution in [0.25, 0.3) is 10.8 Å². The quantitative estimate of drug-likeness (QED) is 0.322. The second-order valence-electron chi connectivity index (χ2n) is 8.34. The Bertz CT molecular complexity index is 1440. The van der Waals surface area contributed by atoms with Gasteiger partial charge in [0.2, 0.25) is 5.91 Å². The number of para-hydroxylation sites is 1. The number of hydroxylamine groups is 1. The van der Waals surface area contributed by atoms with Crippen LogP contribution in [-0.2, 0) is 14.4 Å². The smallest absolute Gasteiger partial charge is 0.266 e. The highest BCUT2D eigenvalue weighted by molar-refractivity contribution is 6.42. The van der Waals surface area contributed by atoms with E-state index in [1.54, 1.807) is 17.2 Å². The Morgan fingerprint density at radius 3 is 2.24 bits per heavy atom. The fourth-order valence-electron chi connectivity index (χ4n) is 4.92. The van der Waals surface area contributed by atoms with Gasteiger partial charge in [-0.2, -0.15) is 0 Å². The molecule has 3 unspecified atom stereocenters. The van der Waals surface area contributed by atoms with E-state index in [2.05, 4.69) is 0 Å². The number of hydrogen-bond donors (Lipinski definition) is 0. The van der Waals surface area contributed by atoms with Crippen LogP contribution < -0.4 is 9.96 Å². The Morgan fingerprint density at radius 2 is 1.44 bits per heavy atom. The summed E-state index contributed by atoms with van der Waals surface area (Å²) in [5.41, 5.74) is 2.08. The summed E-state index contributed by atoms with van der Waals surface area (Å²) in [5, 5.41) is 4.39. The number of imide groups is 1. The van der Waals surface area contributed by atoms with Crippen LogP contribution in [0.4, 0.5) is 11.4 Å². The lowest BCUT2D eigenvalue weighted by atomic mass is 9.87. The lowest BCUT2D eigenvalue weighted by molar-refractivity contribution is -0.126. The molecule has 0 aromatic heterocycles. The highest BCUT2D eigenvalue weighted by Gasteiger charge is 2.60. The van der Waals surface area contributed by atoms with Crippen molar-refractivity contribution in [3.8, 4) is 0 Å². The minimum atomic E-state index is -0.953. The number of halogens is 2. The third-order valence-corrected chi connectivity index (χ3v) is 7.17. The van der Waals surface area contributed by atoms with Gasteiger partial charge in [-0.05, 0) is 46.7 Å². The van der Waals surface area contributed by atoms with Crippen LogP contribution in [0.2, 0.25) is 10.0 Å². The van der Waals surface area contributed by atoms with Crippen molar-refractivity contribution in [2.24, 2.45) is 5.92 Å². The van der Waals surface area contributed by atoms with E-state index < -0.39 is 24.0 Å². The minimum absolute atomic E-state index is 0.272. The summed E-state index contributed by atoms with van der Waals surface area (Å²) in [5.74, 6) is -1.48. The monoisotopic (exact) mass is 488 g/mol. The number of amides is 2. The Balaban J connectivity index is 1.50. The number of carbonyl (C=O) groups is 2. The van der Waals surface area contributed by atoms with Gasteiger partial charge in [-0.1, -0.05) is 83.9 Å². The van der Waals surface area contributed by atoms with Crippen molar-refractivity contribution < 1.29 is 14.4 Å². The Hall–Kier alpha value is -3.38. The van der Waals surface area contributed by atoms with E-state index in [0.717, 1.165) is 26.9 Å². The van der Waals surface area contributed by atoms with Gasteiger partial charge in [0.25, 0.3) is 5.91 Å². The number of benzene rings is 4. The summed E-state index contributed by atoms with van der Waals surface area (Å²) in [6.07, 6.45) is -0.953. The first-order valence-electron chi connectivity index (χ1n) is 10.9. The predicted molar refractivity (Wildman–Crippen MR) is 133 cm³/mol. The third-order valence-electron chi connectivity index (χ3n) is 6.43. The molecule has 0 radical (unpaired) electrons. The van der Waals surface area contributed by atoms with Gasteiger partial charge in [0, 0.05) is 0 Å². The first-order valence-corrected chi connectivity index (χ1v) is 11.6. The summed E-state index contributed by atoms with van der Waals surface area (Å²) < 4.78 is 0. The molecule has 2 amide bonds. The van der Waals surface area contributed by atoms with Gasteiger partial charge in [-0.3, -0.25) is 14.4 Å². The molecule has 0 aliphatic carbocycles. The zero-order valence-corrected chi connectivity index (χ0v) is 19.3. The zero-order chi connectivity index (χ0) is 23.4. The van der Waals surface area contributed by atoms with Crippen LogP contribution in [0.1, 0.15) is 11.6 Å². The Labute approximate surface area is 206 Å². The first kappa shape index (κ1) is 21.2. The fraction of sp³-hybridized carbons (Fsp3) is 0.111. The largest absolute Gasteiger partial charge is 0.273 e. The molecule has 2 saturated heterocycles. The third kappa shape index (κ3) is 3.20. The molecule has 2 aliphatic rings. The molecule has 2 fully saturated rings. The van der Waals surface area contributed by atoms with E-state index in [0.29, 0.717) is 10.7 Å².